The van der Waals surface area contributed by atoms with Gasteiger partial charge in [-0.3, -0.25) is 4.79 Å². The molecule has 94 valence electrons. The average Bonchev–Trinajstić information content (AvgIpc) is 2.86. The number of hydrogen-bond acceptors (Lipinski definition) is 3. The lowest BCUT2D eigenvalue weighted by atomic mass is 10.2. The lowest BCUT2D eigenvalue weighted by Gasteiger charge is -2.11. The molecule has 5 heteroatoms. The number of phenols is 1. The highest BCUT2D eigenvalue weighted by molar-refractivity contribution is 6.32. The number of aromatic hydroxyl groups is 1. The summed E-state index contributed by atoms with van der Waals surface area (Å²) >= 11 is 5.75. The summed E-state index contributed by atoms with van der Waals surface area (Å²) in [5.74, 6) is 0.348. The number of nitrogens with one attached hydrogen (secondary N) is 1. The van der Waals surface area contributed by atoms with Crippen LogP contribution in [0.5, 0.6) is 5.75 Å². The third kappa shape index (κ3) is 2.65. The van der Waals surface area contributed by atoms with Crippen LogP contribution in [0.15, 0.2) is 41.0 Å². The van der Waals surface area contributed by atoms with Crippen LogP contribution in [-0.2, 0) is 0 Å². The first-order valence-corrected chi connectivity index (χ1v) is 5.78. The SMILES string of the molecule is CC(NC(=O)c1ccc(O)c(Cl)c1)c1ccco1. The number of rotatable bonds is 3. The topological polar surface area (TPSA) is 62.5 Å². The van der Waals surface area contributed by atoms with E-state index < -0.39 is 0 Å². The van der Waals surface area contributed by atoms with Crippen LogP contribution in [-0.4, -0.2) is 11.0 Å². The van der Waals surface area contributed by atoms with Crippen LogP contribution in [0.2, 0.25) is 5.02 Å². The normalized spacial score (nSPS) is 12.1. The minimum Gasteiger partial charge on any atom is -0.506 e. The van der Waals surface area contributed by atoms with E-state index in [-0.39, 0.29) is 22.7 Å². The van der Waals surface area contributed by atoms with E-state index in [4.69, 9.17) is 16.0 Å². The largest absolute Gasteiger partial charge is 0.506 e. The van der Waals surface area contributed by atoms with Gasteiger partial charge >= 0.3 is 0 Å². The van der Waals surface area contributed by atoms with Gasteiger partial charge in [-0.05, 0) is 37.3 Å². The summed E-state index contributed by atoms with van der Waals surface area (Å²) < 4.78 is 5.19. The van der Waals surface area contributed by atoms with E-state index in [1.165, 1.54) is 18.2 Å². The number of benzene rings is 1. The number of hydrogen-bond donors (Lipinski definition) is 2. The summed E-state index contributed by atoms with van der Waals surface area (Å²) in [5, 5.41) is 12.2. The van der Waals surface area contributed by atoms with Crippen LogP contribution in [0.25, 0.3) is 0 Å². The molecule has 0 radical (unpaired) electrons. The highest BCUT2D eigenvalue weighted by Crippen LogP contribution is 2.24. The van der Waals surface area contributed by atoms with E-state index in [1.54, 1.807) is 18.4 Å². The molecule has 0 aliphatic carbocycles. The Labute approximate surface area is 109 Å². The van der Waals surface area contributed by atoms with Crippen molar-refractivity contribution >= 4 is 17.5 Å². The second kappa shape index (κ2) is 5.14. The Balaban J connectivity index is 2.10. The molecular weight excluding hydrogens is 254 g/mol. The predicted molar refractivity (Wildman–Crippen MR) is 67.7 cm³/mol. The number of furan rings is 1. The summed E-state index contributed by atoms with van der Waals surface area (Å²) in [4.78, 5) is 11.9. The van der Waals surface area contributed by atoms with E-state index in [1.807, 2.05) is 6.92 Å². The standard InChI is InChI=1S/C13H12ClNO3/c1-8(12-3-2-6-18-12)15-13(17)9-4-5-11(16)10(14)7-9/h2-8,16H,1H3,(H,15,17). The molecule has 2 aromatic rings. The molecule has 0 bridgehead atoms. The Morgan fingerprint density at radius 3 is 2.83 bits per heavy atom. The molecule has 1 amide bonds. The van der Waals surface area contributed by atoms with Gasteiger partial charge in [-0.25, -0.2) is 0 Å². The predicted octanol–water partition coefficient (Wildman–Crippen LogP) is 3.13. The molecule has 0 aliphatic heterocycles. The monoisotopic (exact) mass is 265 g/mol. The summed E-state index contributed by atoms with van der Waals surface area (Å²) in [7, 11) is 0. The van der Waals surface area contributed by atoms with Crippen LogP contribution in [0.4, 0.5) is 0 Å². The lowest BCUT2D eigenvalue weighted by Crippen LogP contribution is -2.26. The molecule has 18 heavy (non-hydrogen) atoms. The first-order valence-electron chi connectivity index (χ1n) is 5.40. The Morgan fingerprint density at radius 2 is 2.22 bits per heavy atom. The van der Waals surface area contributed by atoms with Gasteiger partial charge in [0.05, 0.1) is 17.3 Å². The van der Waals surface area contributed by atoms with Gasteiger partial charge in [-0.1, -0.05) is 11.6 Å². The van der Waals surface area contributed by atoms with Crippen molar-refractivity contribution in [2.45, 2.75) is 13.0 Å². The average molecular weight is 266 g/mol. The molecule has 0 spiro atoms. The van der Waals surface area contributed by atoms with Crippen molar-refractivity contribution in [1.29, 1.82) is 0 Å². The molecule has 1 aromatic carbocycles. The van der Waals surface area contributed by atoms with Crippen molar-refractivity contribution in [3.05, 3.63) is 52.9 Å². The zero-order valence-corrected chi connectivity index (χ0v) is 10.4. The summed E-state index contributed by atoms with van der Waals surface area (Å²) in [5.41, 5.74) is 0.385. The molecule has 1 aromatic heterocycles. The Bertz CT molecular complexity index is 551. The van der Waals surface area contributed by atoms with E-state index in [0.29, 0.717) is 11.3 Å². The van der Waals surface area contributed by atoms with Crippen molar-refractivity contribution in [1.82, 2.24) is 5.32 Å². The van der Waals surface area contributed by atoms with Crippen LogP contribution < -0.4 is 5.32 Å². The van der Waals surface area contributed by atoms with Gasteiger partial charge in [-0.2, -0.15) is 0 Å². The highest BCUT2D eigenvalue weighted by atomic mass is 35.5. The second-order valence-electron chi connectivity index (χ2n) is 3.88. The smallest absolute Gasteiger partial charge is 0.251 e. The van der Waals surface area contributed by atoms with Crippen LogP contribution >= 0.6 is 11.6 Å². The molecule has 4 nitrogen and oxygen atoms in total. The van der Waals surface area contributed by atoms with E-state index in [9.17, 15) is 9.90 Å². The van der Waals surface area contributed by atoms with Gasteiger partial charge in [0.1, 0.15) is 11.5 Å². The summed E-state index contributed by atoms with van der Waals surface area (Å²) in [6.07, 6.45) is 1.55. The van der Waals surface area contributed by atoms with E-state index in [0.717, 1.165) is 0 Å². The van der Waals surface area contributed by atoms with E-state index >= 15 is 0 Å². The molecule has 0 aliphatic rings. The van der Waals surface area contributed by atoms with Gasteiger partial charge in [0.15, 0.2) is 0 Å². The van der Waals surface area contributed by atoms with Gasteiger partial charge in [0, 0.05) is 5.56 Å². The van der Waals surface area contributed by atoms with Crippen LogP contribution in [0, 0.1) is 0 Å². The number of halogens is 1. The molecule has 0 fully saturated rings. The van der Waals surface area contributed by atoms with Crippen molar-refractivity contribution in [3.8, 4) is 5.75 Å². The van der Waals surface area contributed by atoms with Crippen LogP contribution in [0.1, 0.15) is 29.1 Å². The van der Waals surface area contributed by atoms with Crippen LogP contribution in [0.3, 0.4) is 0 Å². The summed E-state index contributed by atoms with van der Waals surface area (Å²) in [6, 6.07) is 7.62. The summed E-state index contributed by atoms with van der Waals surface area (Å²) in [6.45, 7) is 1.82. The Morgan fingerprint density at radius 1 is 1.44 bits per heavy atom. The zero-order valence-electron chi connectivity index (χ0n) is 9.68. The highest BCUT2D eigenvalue weighted by Gasteiger charge is 2.14. The third-order valence-electron chi connectivity index (χ3n) is 2.53. The lowest BCUT2D eigenvalue weighted by molar-refractivity contribution is 0.0935. The number of carbonyl (C=O) groups is 1. The zero-order chi connectivity index (χ0) is 13.1. The van der Waals surface area contributed by atoms with E-state index in [2.05, 4.69) is 5.32 Å². The Hall–Kier alpha value is -1.94. The van der Waals surface area contributed by atoms with Crippen molar-refractivity contribution < 1.29 is 14.3 Å². The fourth-order valence-corrected chi connectivity index (χ4v) is 1.72. The van der Waals surface area contributed by atoms with Gasteiger partial charge < -0.3 is 14.8 Å². The molecule has 1 heterocycles. The maximum Gasteiger partial charge on any atom is 0.251 e. The van der Waals surface area contributed by atoms with Gasteiger partial charge in [0.25, 0.3) is 5.91 Å². The fourth-order valence-electron chi connectivity index (χ4n) is 1.54. The minimum absolute atomic E-state index is 0.0488. The van der Waals surface area contributed by atoms with Crippen molar-refractivity contribution in [2.24, 2.45) is 0 Å². The first kappa shape index (κ1) is 12.5. The number of phenolic OH excluding ortho intramolecular Hbond substituents is 1. The fraction of sp³-hybridized carbons (Fsp3) is 0.154. The molecule has 1 atom stereocenters. The second-order valence-corrected chi connectivity index (χ2v) is 4.28. The molecule has 0 saturated carbocycles. The van der Waals surface area contributed by atoms with Crippen molar-refractivity contribution in [2.75, 3.05) is 0 Å². The number of carbonyl (C=O) groups excluding carboxylic acids is 1. The first-order chi connectivity index (χ1) is 8.58. The maximum absolute atomic E-state index is 11.9. The molecule has 2 rings (SSSR count). The molecule has 0 saturated heterocycles. The molecule has 1 unspecified atom stereocenters. The third-order valence-corrected chi connectivity index (χ3v) is 2.83. The number of amides is 1. The Kier molecular flexibility index (Phi) is 3.58. The quantitative estimate of drug-likeness (QED) is 0.896. The van der Waals surface area contributed by atoms with Gasteiger partial charge in [-0.15, -0.1) is 0 Å². The minimum atomic E-state index is -0.277. The van der Waals surface area contributed by atoms with Gasteiger partial charge in [0.2, 0.25) is 0 Å². The maximum atomic E-state index is 11.9. The molecule has 2 N–H and O–H groups in total. The molecular formula is C13H12ClNO3. The van der Waals surface area contributed by atoms with Crippen molar-refractivity contribution in [3.63, 3.8) is 0 Å².